The molecule has 0 N–H and O–H groups in total. The minimum absolute atomic E-state index is 0.270. The molecule has 0 aliphatic heterocycles. The van der Waals surface area contributed by atoms with Gasteiger partial charge in [-0.3, -0.25) is 9.97 Å². The molecule has 0 bridgehead atoms. The molecule has 0 saturated carbocycles. The van der Waals surface area contributed by atoms with Crippen molar-refractivity contribution in [1.82, 2.24) is 19.1 Å². The van der Waals surface area contributed by atoms with E-state index < -0.39 is 0 Å². The maximum absolute atomic E-state index is 5.01. The van der Waals surface area contributed by atoms with Gasteiger partial charge in [0.1, 0.15) is 0 Å². The van der Waals surface area contributed by atoms with E-state index in [1.807, 2.05) is 18.6 Å². The number of nitrogens with zero attached hydrogens (tertiary/aromatic N) is 4. The predicted molar refractivity (Wildman–Crippen MR) is 233 cm³/mol. The molecule has 6 aromatic carbocycles. The van der Waals surface area contributed by atoms with E-state index in [2.05, 4.69) is 184 Å². The van der Waals surface area contributed by atoms with Crippen LogP contribution in [0.25, 0.3) is 82.9 Å². The summed E-state index contributed by atoms with van der Waals surface area (Å²) in [6, 6.07) is 56.1. The van der Waals surface area contributed by atoms with Crippen molar-refractivity contribution < 1.29 is 0 Å². The summed E-state index contributed by atoms with van der Waals surface area (Å²) in [4.78, 5) is 9.48. The Morgan fingerprint density at radius 1 is 0.509 bits per heavy atom. The van der Waals surface area contributed by atoms with E-state index in [0.717, 1.165) is 34.3 Å². The summed E-state index contributed by atoms with van der Waals surface area (Å²) >= 11 is 0. The first-order chi connectivity index (χ1) is 28.3. The van der Waals surface area contributed by atoms with Crippen molar-refractivity contribution in [3.05, 3.63) is 211 Å². The lowest BCUT2D eigenvalue weighted by molar-refractivity contribution is 0.495. The Morgan fingerprint density at radius 2 is 1.18 bits per heavy atom. The monoisotopic (exact) mass is 726 g/mol. The lowest BCUT2D eigenvalue weighted by Crippen LogP contribution is -2.32. The zero-order chi connectivity index (χ0) is 37.2. The van der Waals surface area contributed by atoms with E-state index in [4.69, 9.17) is 4.98 Å². The molecule has 0 fully saturated rings. The highest BCUT2D eigenvalue weighted by molar-refractivity contribution is 6.11. The van der Waals surface area contributed by atoms with E-state index in [9.17, 15) is 0 Å². The van der Waals surface area contributed by atoms with Crippen LogP contribution in [0.4, 0.5) is 0 Å². The fraction of sp³-hybridized carbons (Fsp3) is 0.0566. The van der Waals surface area contributed by atoms with Crippen LogP contribution in [0.5, 0.6) is 0 Å². The molecule has 2 atom stereocenters. The van der Waals surface area contributed by atoms with E-state index in [1.54, 1.807) is 0 Å². The number of allylic oxidation sites excluding steroid dienone is 4. The molecule has 57 heavy (non-hydrogen) atoms. The Kier molecular flexibility index (Phi) is 6.18. The number of pyridine rings is 2. The van der Waals surface area contributed by atoms with Gasteiger partial charge in [-0.25, -0.2) is 0 Å². The van der Waals surface area contributed by atoms with Gasteiger partial charge in [0, 0.05) is 45.8 Å². The summed E-state index contributed by atoms with van der Waals surface area (Å²) in [7, 11) is 0. The standard InChI is InChI=1S/C53H34N4/c1-5-14-44-37(10-1)38-11-2-6-15-45(38)53(44)46-16-7-3-12-39(46)42-30-43-50(31-47(42)53)57(49-18-9-28-55-52(43)49)36-25-21-34(22-26-36)33-19-23-35(24-20-33)56-48-17-8-4-13-40(48)41-27-29-54-32-51(41)56/h1-14,16-32,45H,15H2. The van der Waals surface area contributed by atoms with Crippen LogP contribution in [0, 0.1) is 5.92 Å². The van der Waals surface area contributed by atoms with Crippen molar-refractivity contribution in [1.29, 1.82) is 0 Å². The maximum Gasteiger partial charge on any atom is 0.0963 e. The highest BCUT2D eigenvalue weighted by Gasteiger charge is 2.56. The second-order valence-electron chi connectivity index (χ2n) is 15.7. The average molecular weight is 727 g/mol. The average Bonchev–Trinajstić information content (AvgIpc) is 3.98. The lowest BCUT2D eigenvalue weighted by Gasteiger charge is -2.36. The fourth-order valence-corrected chi connectivity index (χ4v) is 10.9. The topological polar surface area (TPSA) is 35.6 Å². The number of hydrogen-bond acceptors (Lipinski definition) is 2. The van der Waals surface area contributed by atoms with Crippen molar-refractivity contribution in [3.63, 3.8) is 0 Å². The molecule has 3 aliphatic rings. The molecule has 3 aliphatic carbocycles. The van der Waals surface area contributed by atoms with Crippen LogP contribution in [0.1, 0.15) is 28.7 Å². The number of fused-ring (bicyclic) bond motifs is 16. The number of aromatic nitrogens is 4. The molecule has 10 aromatic rings. The number of rotatable bonds is 3. The number of benzene rings is 6. The molecule has 4 aromatic heterocycles. The molecule has 0 amide bonds. The summed E-state index contributed by atoms with van der Waals surface area (Å²) in [5, 5.41) is 3.63. The SMILES string of the molecule is C1=CCC2C(=C1)c1ccccc1C21c2ccccc2-c2cc3c4ncccc4n(-c4ccc(-c5ccc(-n6c7ccccc7c7ccncc76)cc5)cc4)c3cc21. The first kappa shape index (κ1) is 31.0. The Morgan fingerprint density at radius 3 is 1.98 bits per heavy atom. The lowest BCUT2D eigenvalue weighted by atomic mass is 9.65. The van der Waals surface area contributed by atoms with Gasteiger partial charge in [0.15, 0.2) is 0 Å². The summed E-state index contributed by atoms with van der Waals surface area (Å²) < 4.78 is 4.74. The molecule has 13 rings (SSSR count). The molecule has 0 saturated heterocycles. The maximum atomic E-state index is 5.01. The molecular formula is C53H34N4. The molecule has 4 heterocycles. The predicted octanol–water partition coefficient (Wildman–Crippen LogP) is 12.6. The minimum atomic E-state index is -0.270. The smallest absolute Gasteiger partial charge is 0.0963 e. The molecular weight excluding hydrogens is 693 g/mol. The van der Waals surface area contributed by atoms with Gasteiger partial charge in [0.05, 0.1) is 39.2 Å². The van der Waals surface area contributed by atoms with Crippen LogP contribution in [-0.4, -0.2) is 19.1 Å². The molecule has 4 heteroatoms. The number of para-hydroxylation sites is 1. The summed E-state index contributed by atoms with van der Waals surface area (Å²) in [5.74, 6) is 0.327. The summed E-state index contributed by atoms with van der Waals surface area (Å²) in [6.45, 7) is 0. The second-order valence-corrected chi connectivity index (χ2v) is 15.7. The Labute approximate surface area is 329 Å². The largest absolute Gasteiger partial charge is 0.308 e. The van der Waals surface area contributed by atoms with Crippen LogP contribution in [0.15, 0.2) is 188 Å². The molecule has 266 valence electrons. The summed E-state index contributed by atoms with van der Waals surface area (Å²) in [6.07, 6.45) is 13.7. The van der Waals surface area contributed by atoms with Gasteiger partial charge in [-0.15, -0.1) is 0 Å². The Balaban J connectivity index is 0.961. The molecule has 2 unspecified atom stereocenters. The number of hydrogen-bond donors (Lipinski definition) is 0. The zero-order valence-electron chi connectivity index (χ0n) is 31.0. The third-order valence-electron chi connectivity index (χ3n) is 13.1. The third-order valence-corrected chi connectivity index (χ3v) is 13.1. The van der Waals surface area contributed by atoms with Gasteiger partial charge in [-0.2, -0.15) is 0 Å². The van der Waals surface area contributed by atoms with Crippen LogP contribution in [0.2, 0.25) is 0 Å². The van der Waals surface area contributed by atoms with Crippen molar-refractivity contribution in [2.24, 2.45) is 5.92 Å². The highest BCUT2D eigenvalue weighted by Crippen LogP contribution is 2.65. The highest BCUT2D eigenvalue weighted by atomic mass is 15.0. The van der Waals surface area contributed by atoms with Crippen LogP contribution in [0.3, 0.4) is 0 Å². The van der Waals surface area contributed by atoms with E-state index in [0.29, 0.717) is 5.92 Å². The Bertz CT molecular complexity index is 3320. The van der Waals surface area contributed by atoms with E-state index in [1.165, 1.54) is 77.3 Å². The molecule has 4 nitrogen and oxygen atoms in total. The van der Waals surface area contributed by atoms with Gasteiger partial charge in [-0.05, 0) is 117 Å². The summed E-state index contributed by atoms with van der Waals surface area (Å²) in [5.41, 5.74) is 19.7. The van der Waals surface area contributed by atoms with Gasteiger partial charge in [0.25, 0.3) is 0 Å². The van der Waals surface area contributed by atoms with E-state index >= 15 is 0 Å². The van der Waals surface area contributed by atoms with Crippen molar-refractivity contribution in [3.8, 4) is 33.6 Å². The van der Waals surface area contributed by atoms with Gasteiger partial charge >= 0.3 is 0 Å². The Hall–Kier alpha value is -7.30. The first-order valence-electron chi connectivity index (χ1n) is 19.8. The van der Waals surface area contributed by atoms with Crippen molar-refractivity contribution in [2.75, 3.05) is 0 Å². The normalized spacial score (nSPS) is 17.7. The van der Waals surface area contributed by atoms with Crippen LogP contribution < -0.4 is 0 Å². The van der Waals surface area contributed by atoms with Crippen molar-refractivity contribution in [2.45, 2.75) is 11.8 Å². The minimum Gasteiger partial charge on any atom is -0.308 e. The van der Waals surface area contributed by atoms with Crippen LogP contribution in [-0.2, 0) is 5.41 Å². The third kappa shape index (κ3) is 4.01. The fourth-order valence-electron chi connectivity index (χ4n) is 10.9. The quantitative estimate of drug-likeness (QED) is 0.182. The molecule has 1 spiro atoms. The zero-order valence-corrected chi connectivity index (χ0v) is 31.0. The van der Waals surface area contributed by atoms with Crippen LogP contribution >= 0.6 is 0 Å². The first-order valence-corrected chi connectivity index (χ1v) is 19.8. The van der Waals surface area contributed by atoms with Gasteiger partial charge < -0.3 is 9.13 Å². The van der Waals surface area contributed by atoms with E-state index in [-0.39, 0.29) is 5.41 Å². The van der Waals surface area contributed by atoms with Gasteiger partial charge in [-0.1, -0.05) is 109 Å². The van der Waals surface area contributed by atoms with Gasteiger partial charge in [0.2, 0.25) is 0 Å². The second kappa shape index (κ2) is 11.4. The molecule has 0 radical (unpaired) electrons. The van der Waals surface area contributed by atoms with Crippen molar-refractivity contribution >= 4 is 49.3 Å².